The Bertz CT molecular complexity index is 1380. The average molecular weight is 468 g/mol. The van der Waals surface area contributed by atoms with E-state index >= 15 is 0 Å². The summed E-state index contributed by atoms with van der Waals surface area (Å²) in [6.07, 6.45) is 3.35. The van der Waals surface area contributed by atoms with E-state index in [2.05, 4.69) is 6.07 Å². The minimum Gasteiger partial charge on any atom is -0.497 e. The Morgan fingerprint density at radius 1 is 1.09 bits per heavy atom. The summed E-state index contributed by atoms with van der Waals surface area (Å²) in [5, 5.41) is 10.5. The number of nitrogens with two attached hydrogens (primary N) is 1. The number of methoxy groups -OCH3 is 1. The van der Waals surface area contributed by atoms with Crippen LogP contribution in [-0.4, -0.2) is 30.9 Å². The smallest absolute Gasteiger partial charge is 0.241 e. The van der Waals surface area contributed by atoms with Gasteiger partial charge in [0.2, 0.25) is 5.91 Å². The first-order valence-corrected chi connectivity index (χ1v) is 11.1. The summed E-state index contributed by atoms with van der Waals surface area (Å²) >= 11 is 0. The summed E-state index contributed by atoms with van der Waals surface area (Å²) < 4.78 is 19.3. The lowest BCUT2D eigenvalue weighted by Gasteiger charge is -2.36. The van der Waals surface area contributed by atoms with Crippen molar-refractivity contribution in [2.75, 3.05) is 12.0 Å². The number of Topliss-reactive ketones (excluding diaryl/α,β-unsaturated/α-hetero) is 1. The number of ketones is 1. The minimum absolute atomic E-state index is 0.264. The average Bonchev–Trinajstić information content (AvgIpc) is 3.20. The van der Waals surface area contributed by atoms with Crippen molar-refractivity contribution in [2.24, 2.45) is 11.1 Å². The van der Waals surface area contributed by atoms with Crippen LogP contribution in [0.2, 0.25) is 0 Å². The number of hydrogen-bond donors (Lipinski definition) is 1. The number of amides is 1. The van der Waals surface area contributed by atoms with Gasteiger partial charge in [-0.15, -0.1) is 0 Å². The van der Waals surface area contributed by atoms with Crippen LogP contribution in [0.3, 0.4) is 0 Å². The highest BCUT2D eigenvalue weighted by atomic mass is 19.1. The van der Waals surface area contributed by atoms with Crippen molar-refractivity contribution in [2.45, 2.75) is 18.0 Å². The third-order valence-electron chi connectivity index (χ3n) is 6.99. The van der Waals surface area contributed by atoms with E-state index < -0.39 is 35.1 Å². The van der Waals surface area contributed by atoms with Gasteiger partial charge in [-0.2, -0.15) is 5.26 Å². The van der Waals surface area contributed by atoms with E-state index in [0.717, 1.165) is 0 Å². The van der Waals surface area contributed by atoms with Crippen LogP contribution in [-0.2, 0) is 4.79 Å². The fraction of sp³-hybridized carbons (Fsp3) is 0.179. The van der Waals surface area contributed by atoms with Gasteiger partial charge in [0.25, 0.3) is 0 Å². The normalized spacial score (nSPS) is 24.3. The van der Waals surface area contributed by atoms with Crippen LogP contribution in [0.5, 0.6) is 5.75 Å². The van der Waals surface area contributed by atoms with Gasteiger partial charge in [-0.3, -0.25) is 9.59 Å². The topological polar surface area (TPSA) is 96.4 Å². The van der Waals surface area contributed by atoms with E-state index in [1.807, 2.05) is 0 Å². The van der Waals surface area contributed by atoms with E-state index in [1.54, 1.807) is 77.7 Å². The summed E-state index contributed by atoms with van der Waals surface area (Å²) in [6.45, 7) is 0. The summed E-state index contributed by atoms with van der Waals surface area (Å²) in [7, 11) is 1.54. The molecule has 4 atom stereocenters. The molecule has 2 heterocycles. The first-order chi connectivity index (χ1) is 16.9. The number of rotatable bonds is 5. The zero-order valence-corrected chi connectivity index (χ0v) is 18.9. The summed E-state index contributed by atoms with van der Waals surface area (Å²) in [5.41, 5.74) is 6.36. The number of nitriles is 1. The maximum atomic E-state index is 14.1. The number of carbonyl (C=O) groups is 2. The fourth-order valence-electron chi connectivity index (χ4n) is 5.42. The number of hydrogen-bond acceptors (Lipinski definition) is 5. The Balaban J connectivity index is 1.80. The fourth-order valence-corrected chi connectivity index (χ4v) is 5.42. The summed E-state index contributed by atoms with van der Waals surface area (Å²) in [6, 6.07) is 20.3. The third-order valence-corrected chi connectivity index (χ3v) is 6.99. The van der Waals surface area contributed by atoms with E-state index in [1.165, 1.54) is 19.2 Å². The van der Waals surface area contributed by atoms with Crippen LogP contribution in [0.4, 0.5) is 10.1 Å². The molecule has 0 aromatic heterocycles. The largest absolute Gasteiger partial charge is 0.497 e. The molecule has 0 bridgehead atoms. The molecule has 0 aliphatic carbocycles. The van der Waals surface area contributed by atoms with Gasteiger partial charge < -0.3 is 15.4 Å². The molecule has 3 aromatic rings. The number of fused-ring (bicyclic) bond motifs is 3. The third kappa shape index (κ3) is 3.29. The highest BCUT2D eigenvalue weighted by Crippen LogP contribution is 2.55. The number of primary amides is 1. The van der Waals surface area contributed by atoms with Crippen molar-refractivity contribution in [1.82, 2.24) is 0 Å². The van der Waals surface area contributed by atoms with Gasteiger partial charge in [-0.05, 0) is 35.9 Å². The molecular weight excluding hydrogens is 445 g/mol. The molecule has 2 aliphatic rings. The quantitative estimate of drug-likeness (QED) is 0.571. The molecule has 6 nitrogen and oxygen atoms in total. The van der Waals surface area contributed by atoms with Crippen LogP contribution in [0.1, 0.15) is 27.4 Å². The molecule has 2 N–H and O–H groups in total. The molecule has 1 amide bonds. The lowest BCUT2D eigenvalue weighted by atomic mass is 9.67. The number of anilines is 1. The molecule has 5 rings (SSSR count). The van der Waals surface area contributed by atoms with E-state index in [4.69, 9.17) is 10.5 Å². The second-order valence-corrected chi connectivity index (χ2v) is 8.69. The summed E-state index contributed by atoms with van der Waals surface area (Å²) in [4.78, 5) is 29.0. The monoisotopic (exact) mass is 467 g/mol. The van der Waals surface area contributed by atoms with Crippen molar-refractivity contribution in [1.29, 1.82) is 5.26 Å². The maximum Gasteiger partial charge on any atom is 0.241 e. The van der Waals surface area contributed by atoms with Gasteiger partial charge in [-0.1, -0.05) is 54.6 Å². The van der Waals surface area contributed by atoms with E-state index in [9.17, 15) is 19.2 Å². The Morgan fingerprint density at radius 2 is 1.80 bits per heavy atom. The van der Waals surface area contributed by atoms with Crippen LogP contribution in [0.15, 0.2) is 78.9 Å². The standard InChI is InChI=1S/C28H22FN3O3/c1-35-21-11-7-17(8-12-21)24-25(26(33)18-5-3-2-4-6-18)32-22-13-10-20(29)15-19(22)9-14-23(32)28(24,16-30)27(31)34/h2-15,23-25H,1H3,(H2,31,34)/t23-,24-,25-,28-/m1/s1. The molecular formula is C28H22FN3O3. The van der Waals surface area contributed by atoms with Crippen molar-refractivity contribution in [3.8, 4) is 11.8 Å². The van der Waals surface area contributed by atoms with Gasteiger partial charge in [-0.25, -0.2) is 4.39 Å². The highest BCUT2D eigenvalue weighted by molar-refractivity contribution is 6.06. The van der Waals surface area contributed by atoms with Gasteiger partial charge in [0.05, 0.1) is 19.2 Å². The molecule has 0 unspecified atom stereocenters. The minimum atomic E-state index is -1.76. The van der Waals surface area contributed by atoms with Gasteiger partial charge in [0.1, 0.15) is 17.6 Å². The highest BCUT2D eigenvalue weighted by Gasteiger charge is 2.65. The second-order valence-electron chi connectivity index (χ2n) is 8.69. The Hall–Kier alpha value is -4.44. The molecule has 0 saturated carbocycles. The molecule has 7 heteroatoms. The lowest BCUT2D eigenvalue weighted by Crippen LogP contribution is -2.49. The van der Waals surface area contributed by atoms with Crippen LogP contribution in [0.25, 0.3) is 6.08 Å². The number of benzene rings is 3. The van der Waals surface area contributed by atoms with Crippen molar-refractivity contribution in [3.63, 3.8) is 0 Å². The maximum absolute atomic E-state index is 14.1. The molecule has 2 aliphatic heterocycles. The van der Waals surface area contributed by atoms with Gasteiger partial charge in [0, 0.05) is 22.7 Å². The lowest BCUT2D eigenvalue weighted by molar-refractivity contribution is -0.125. The predicted octanol–water partition coefficient (Wildman–Crippen LogP) is 4.08. The van der Waals surface area contributed by atoms with Crippen molar-refractivity contribution in [3.05, 3.63) is 101 Å². The number of halogens is 1. The van der Waals surface area contributed by atoms with Gasteiger partial charge >= 0.3 is 0 Å². The molecule has 1 saturated heterocycles. The molecule has 3 aromatic carbocycles. The zero-order chi connectivity index (χ0) is 24.7. The summed E-state index contributed by atoms with van der Waals surface area (Å²) in [5.74, 6) is -1.81. The first-order valence-electron chi connectivity index (χ1n) is 11.1. The second kappa shape index (κ2) is 8.41. The van der Waals surface area contributed by atoms with Crippen LogP contribution in [0, 0.1) is 22.6 Å². The van der Waals surface area contributed by atoms with Crippen LogP contribution >= 0.6 is 0 Å². The first kappa shape index (κ1) is 22.4. The van der Waals surface area contributed by atoms with E-state index in [0.29, 0.717) is 28.1 Å². The number of ether oxygens (including phenoxy) is 1. The van der Waals surface area contributed by atoms with Crippen molar-refractivity contribution >= 4 is 23.5 Å². The van der Waals surface area contributed by atoms with Crippen molar-refractivity contribution < 1.29 is 18.7 Å². The van der Waals surface area contributed by atoms with Gasteiger partial charge in [0.15, 0.2) is 11.2 Å². The number of nitrogens with zero attached hydrogens (tertiary/aromatic N) is 2. The van der Waals surface area contributed by atoms with Crippen LogP contribution < -0.4 is 15.4 Å². The molecule has 174 valence electrons. The Kier molecular flexibility index (Phi) is 5.37. The molecule has 35 heavy (non-hydrogen) atoms. The molecule has 0 radical (unpaired) electrons. The number of carbonyl (C=O) groups excluding carboxylic acids is 2. The molecule has 0 spiro atoms. The SMILES string of the molecule is COc1ccc([C@@H]2[C@H](C(=O)c3ccccc3)N3c4ccc(F)cc4C=C[C@@H]3[C@@]2(C#N)C(N)=O)cc1. The Morgan fingerprint density at radius 3 is 2.43 bits per heavy atom. The van der Waals surface area contributed by atoms with E-state index in [-0.39, 0.29) is 5.78 Å². The Labute approximate surface area is 202 Å². The zero-order valence-electron chi connectivity index (χ0n) is 18.9. The molecule has 1 fully saturated rings. The predicted molar refractivity (Wildman–Crippen MR) is 129 cm³/mol.